The summed E-state index contributed by atoms with van der Waals surface area (Å²) >= 11 is 1.29. The molecule has 110 valence electrons. The first-order valence-corrected chi connectivity index (χ1v) is 7.99. The van der Waals surface area contributed by atoms with Crippen LogP contribution in [0.3, 0.4) is 0 Å². The molecule has 1 N–H and O–H groups in total. The number of anilines is 1. The van der Waals surface area contributed by atoms with E-state index in [1.807, 2.05) is 13.0 Å². The molecule has 0 aromatic carbocycles. The Morgan fingerprint density at radius 1 is 1.40 bits per heavy atom. The number of carbonyl (C=O) groups is 2. The Hall–Kier alpha value is -1.36. The molecule has 0 atom stereocenters. The zero-order chi connectivity index (χ0) is 14.5. The highest BCUT2D eigenvalue weighted by Gasteiger charge is 2.20. The minimum atomic E-state index is -0.314. The second-order valence-electron chi connectivity index (χ2n) is 5.25. The van der Waals surface area contributed by atoms with Crippen LogP contribution in [-0.2, 0) is 9.53 Å². The number of esters is 1. The van der Waals surface area contributed by atoms with Gasteiger partial charge in [0.25, 0.3) is 0 Å². The van der Waals surface area contributed by atoms with Crippen molar-refractivity contribution in [2.45, 2.75) is 46.0 Å². The molecule has 4 nitrogen and oxygen atoms in total. The summed E-state index contributed by atoms with van der Waals surface area (Å²) < 4.78 is 4.99. The van der Waals surface area contributed by atoms with E-state index in [9.17, 15) is 9.59 Å². The Balaban J connectivity index is 1.94. The van der Waals surface area contributed by atoms with Gasteiger partial charge in [0.15, 0.2) is 0 Å². The van der Waals surface area contributed by atoms with Crippen molar-refractivity contribution in [1.82, 2.24) is 0 Å². The number of hydrogen-bond acceptors (Lipinski definition) is 4. The van der Waals surface area contributed by atoms with Gasteiger partial charge in [-0.3, -0.25) is 4.79 Å². The van der Waals surface area contributed by atoms with Gasteiger partial charge in [-0.2, -0.15) is 0 Å². The number of ether oxygens (including phenoxy) is 1. The number of aryl methyl sites for hydroxylation is 1. The van der Waals surface area contributed by atoms with E-state index in [0.717, 1.165) is 23.4 Å². The van der Waals surface area contributed by atoms with Crippen molar-refractivity contribution in [3.8, 4) is 0 Å². The normalized spacial score (nSPS) is 15.3. The van der Waals surface area contributed by atoms with E-state index < -0.39 is 0 Å². The smallest absolute Gasteiger partial charge is 0.348 e. The highest BCUT2D eigenvalue weighted by atomic mass is 32.1. The van der Waals surface area contributed by atoms with Crippen LogP contribution < -0.4 is 5.32 Å². The minimum absolute atomic E-state index is 0.0496. The number of thiophene rings is 1. The highest BCUT2D eigenvalue weighted by Crippen LogP contribution is 2.30. The van der Waals surface area contributed by atoms with Gasteiger partial charge in [0.05, 0.1) is 11.6 Å². The second-order valence-corrected chi connectivity index (χ2v) is 6.30. The van der Waals surface area contributed by atoms with Gasteiger partial charge in [0, 0.05) is 6.42 Å². The average Bonchev–Trinajstić information content (AvgIpc) is 2.99. The van der Waals surface area contributed by atoms with Crippen molar-refractivity contribution in [3.63, 3.8) is 0 Å². The largest absolute Gasteiger partial charge is 0.462 e. The third kappa shape index (κ3) is 3.82. The van der Waals surface area contributed by atoms with E-state index in [-0.39, 0.29) is 11.9 Å². The Morgan fingerprint density at radius 2 is 2.10 bits per heavy atom. The third-order valence-electron chi connectivity index (χ3n) is 3.59. The molecule has 1 fully saturated rings. The lowest BCUT2D eigenvalue weighted by molar-refractivity contribution is -0.117. The zero-order valence-corrected chi connectivity index (χ0v) is 12.8. The molecule has 1 amide bonds. The van der Waals surface area contributed by atoms with Gasteiger partial charge < -0.3 is 10.1 Å². The maximum absolute atomic E-state index is 12.0. The molecule has 0 aliphatic heterocycles. The first kappa shape index (κ1) is 15.0. The number of carbonyl (C=O) groups excluding carboxylic acids is 2. The van der Waals surface area contributed by atoms with E-state index in [0.29, 0.717) is 23.8 Å². The maximum Gasteiger partial charge on any atom is 0.348 e. The highest BCUT2D eigenvalue weighted by molar-refractivity contribution is 7.18. The fraction of sp³-hybridized carbons (Fsp3) is 0.600. The lowest BCUT2D eigenvalue weighted by atomic mass is 10.0. The quantitative estimate of drug-likeness (QED) is 0.842. The second kappa shape index (κ2) is 6.88. The topological polar surface area (TPSA) is 55.4 Å². The van der Waals surface area contributed by atoms with Crippen molar-refractivity contribution in [1.29, 1.82) is 0 Å². The SMILES string of the molecule is CCOC(=O)c1sc(NC(=O)CC2CCCC2)cc1C. The molecule has 0 saturated heterocycles. The number of rotatable bonds is 5. The van der Waals surface area contributed by atoms with Crippen LogP contribution in [0.4, 0.5) is 5.00 Å². The van der Waals surface area contributed by atoms with Crippen molar-refractivity contribution >= 4 is 28.2 Å². The van der Waals surface area contributed by atoms with Crippen molar-refractivity contribution in [3.05, 3.63) is 16.5 Å². The monoisotopic (exact) mass is 295 g/mol. The average molecular weight is 295 g/mol. The lowest BCUT2D eigenvalue weighted by Crippen LogP contribution is -2.14. The molecule has 1 aromatic heterocycles. The van der Waals surface area contributed by atoms with Crippen molar-refractivity contribution < 1.29 is 14.3 Å². The van der Waals surface area contributed by atoms with Crippen LogP contribution in [0, 0.1) is 12.8 Å². The van der Waals surface area contributed by atoms with Gasteiger partial charge >= 0.3 is 5.97 Å². The molecule has 0 bridgehead atoms. The van der Waals surface area contributed by atoms with E-state index in [4.69, 9.17) is 4.74 Å². The van der Waals surface area contributed by atoms with Gasteiger partial charge in [-0.05, 0) is 44.2 Å². The van der Waals surface area contributed by atoms with Gasteiger partial charge in [-0.15, -0.1) is 11.3 Å². The summed E-state index contributed by atoms with van der Waals surface area (Å²) in [5, 5.41) is 3.63. The zero-order valence-electron chi connectivity index (χ0n) is 12.0. The summed E-state index contributed by atoms with van der Waals surface area (Å²) in [6.07, 6.45) is 5.38. The number of nitrogens with one attached hydrogen (secondary N) is 1. The summed E-state index contributed by atoms with van der Waals surface area (Å²) in [7, 11) is 0. The summed E-state index contributed by atoms with van der Waals surface area (Å²) in [5.41, 5.74) is 0.851. The Labute approximate surface area is 123 Å². The molecule has 1 saturated carbocycles. The summed E-state index contributed by atoms with van der Waals surface area (Å²) in [5.74, 6) is 0.264. The van der Waals surface area contributed by atoms with Crippen molar-refractivity contribution in [2.24, 2.45) is 5.92 Å². The Morgan fingerprint density at radius 3 is 2.75 bits per heavy atom. The van der Waals surface area contributed by atoms with E-state index in [2.05, 4.69) is 5.32 Å². The molecule has 0 unspecified atom stereocenters. The summed E-state index contributed by atoms with van der Waals surface area (Å²) in [4.78, 5) is 24.3. The molecule has 0 spiro atoms. The molecule has 5 heteroatoms. The van der Waals surface area contributed by atoms with Gasteiger partial charge in [0.1, 0.15) is 4.88 Å². The summed E-state index contributed by atoms with van der Waals surface area (Å²) in [6.45, 7) is 4.00. The molecular formula is C15H21NO3S. The lowest BCUT2D eigenvalue weighted by Gasteiger charge is -2.07. The van der Waals surface area contributed by atoms with Gasteiger partial charge in [0.2, 0.25) is 5.91 Å². The molecule has 1 aliphatic carbocycles. The molecule has 2 rings (SSSR count). The standard InChI is InChI=1S/C15H21NO3S/c1-3-19-15(18)14-10(2)8-13(20-14)16-12(17)9-11-6-4-5-7-11/h8,11H,3-7,9H2,1-2H3,(H,16,17). The minimum Gasteiger partial charge on any atom is -0.462 e. The van der Waals surface area contributed by atoms with E-state index in [1.165, 1.54) is 24.2 Å². The predicted molar refractivity (Wildman–Crippen MR) is 80.2 cm³/mol. The van der Waals surface area contributed by atoms with Gasteiger partial charge in [-0.1, -0.05) is 12.8 Å². The number of hydrogen-bond donors (Lipinski definition) is 1. The van der Waals surface area contributed by atoms with Crippen molar-refractivity contribution in [2.75, 3.05) is 11.9 Å². The first-order chi connectivity index (χ1) is 9.60. The molecule has 1 aliphatic rings. The summed E-state index contributed by atoms with van der Waals surface area (Å²) in [6, 6.07) is 1.84. The fourth-order valence-electron chi connectivity index (χ4n) is 2.61. The van der Waals surface area contributed by atoms with Gasteiger partial charge in [-0.25, -0.2) is 4.79 Å². The molecule has 1 heterocycles. The van der Waals surface area contributed by atoms with Crippen LogP contribution >= 0.6 is 11.3 Å². The van der Waals surface area contributed by atoms with Crippen LogP contribution in [0.5, 0.6) is 0 Å². The first-order valence-electron chi connectivity index (χ1n) is 7.17. The molecular weight excluding hydrogens is 274 g/mol. The Bertz CT molecular complexity index is 489. The predicted octanol–water partition coefficient (Wildman–Crippen LogP) is 3.75. The maximum atomic E-state index is 12.0. The third-order valence-corrected chi connectivity index (χ3v) is 4.72. The van der Waals surface area contributed by atoms with E-state index >= 15 is 0 Å². The van der Waals surface area contributed by atoms with E-state index in [1.54, 1.807) is 6.92 Å². The van der Waals surface area contributed by atoms with Crippen LogP contribution in [0.15, 0.2) is 6.07 Å². The van der Waals surface area contributed by atoms with Crippen LogP contribution in [0.2, 0.25) is 0 Å². The Kier molecular flexibility index (Phi) is 5.17. The van der Waals surface area contributed by atoms with Crippen LogP contribution in [0.1, 0.15) is 54.3 Å². The molecule has 20 heavy (non-hydrogen) atoms. The number of amides is 1. The molecule has 0 radical (unpaired) electrons. The van der Waals surface area contributed by atoms with Crippen LogP contribution in [-0.4, -0.2) is 18.5 Å². The fourth-order valence-corrected chi connectivity index (χ4v) is 3.59. The van der Waals surface area contributed by atoms with Crippen LogP contribution in [0.25, 0.3) is 0 Å². The molecule has 1 aromatic rings.